The van der Waals surface area contributed by atoms with Gasteiger partial charge in [0.15, 0.2) is 0 Å². The van der Waals surface area contributed by atoms with Gasteiger partial charge in [-0.1, -0.05) is 44.2 Å². The molecule has 184 valence electrons. The molecule has 0 aliphatic rings. The fraction of sp³-hybridized carbons (Fsp3) is 0.364. The number of nitrogens with one attached hydrogen (secondary N) is 2. The van der Waals surface area contributed by atoms with Gasteiger partial charge in [-0.25, -0.2) is 9.36 Å². The van der Waals surface area contributed by atoms with Gasteiger partial charge in [0.25, 0.3) is 0 Å². The van der Waals surface area contributed by atoms with Crippen molar-refractivity contribution in [3.8, 4) is 11.1 Å². The molecule has 2 rings (SSSR count). The highest BCUT2D eigenvalue weighted by Gasteiger charge is 2.40. The topological polar surface area (TPSA) is 169 Å². The van der Waals surface area contributed by atoms with Crippen LogP contribution in [0.3, 0.4) is 0 Å². The van der Waals surface area contributed by atoms with E-state index in [1.807, 2.05) is 18.2 Å². The predicted molar refractivity (Wildman–Crippen MR) is 124 cm³/mol. The van der Waals surface area contributed by atoms with Crippen molar-refractivity contribution in [3.63, 3.8) is 0 Å². The minimum Gasteiger partial charge on any atom is -0.480 e. The largest absolute Gasteiger partial charge is 0.480 e. The molecule has 11 nitrogen and oxygen atoms in total. The third-order valence-corrected chi connectivity index (χ3v) is 6.11. The smallest absolute Gasteiger partial charge is 0.405 e. The fourth-order valence-corrected chi connectivity index (χ4v) is 4.34. The van der Waals surface area contributed by atoms with Crippen molar-refractivity contribution in [1.29, 1.82) is 0 Å². The van der Waals surface area contributed by atoms with Gasteiger partial charge >= 0.3 is 13.7 Å². The highest BCUT2D eigenvalue weighted by Crippen LogP contribution is 2.42. The molecule has 5 N–H and O–H groups in total. The lowest BCUT2D eigenvalue weighted by Crippen LogP contribution is -2.55. The summed E-state index contributed by atoms with van der Waals surface area (Å²) in [6.07, 6.45) is 3.32. The third-order valence-electron chi connectivity index (χ3n) is 5.05. The van der Waals surface area contributed by atoms with Crippen LogP contribution in [0.5, 0.6) is 0 Å². The number of carboxylic acids is 1. The summed E-state index contributed by atoms with van der Waals surface area (Å²) in [6.45, 7) is 3.72. The second-order valence-corrected chi connectivity index (χ2v) is 9.62. The van der Waals surface area contributed by atoms with Crippen LogP contribution in [0.15, 0.2) is 48.8 Å². The first-order valence-corrected chi connectivity index (χ1v) is 12.1. The quantitative estimate of drug-likeness (QED) is 0.230. The zero-order valence-electron chi connectivity index (χ0n) is 19.1. The molecule has 2 atom stereocenters. The molecule has 0 aliphatic heterocycles. The fourth-order valence-electron chi connectivity index (χ4n) is 3.39. The van der Waals surface area contributed by atoms with Crippen molar-refractivity contribution in [2.45, 2.75) is 39.3 Å². The summed E-state index contributed by atoms with van der Waals surface area (Å²) in [6, 6.07) is 8.07. The van der Waals surface area contributed by atoms with Gasteiger partial charge < -0.3 is 25.5 Å². The summed E-state index contributed by atoms with van der Waals surface area (Å²) in [5, 5.41) is 14.3. The van der Waals surface area contributed by atoms with E-state index >= 15 is 0 Å². The van der Waals surface area contributed by atoms with Crippen LogP contribution in [-0.2, 0) is 25.4 Å². The number of nitrogens with zero attached hydrogens (tertiary/aromatic N) is 2. The van der Waals surface area contributed by atoms with Crippen LogP contribution in [0.1, 0.15) is 26.3 Å². The van der Waals surface area contributed by atoms with Gasteiger partial charge in [0.1, 0.15) is 12.1 Å². The Balaban J connectivity index is 2.20. The van der Waals surface area contributed by atoms with Crippen LogP contribution in [-0.4, -0.2) is 61.1 Å². The molecule has 34 heavy (non-hydrogen) atoms. The first-order valence-electron chi connectivity index (χ1n) is 10.5. The van der Waals surface area contributed by atoms with E-state index in [0.29, 0.717) is 10.2 Å². The molecule has 1 heterocycles. The molecule has 0 saturated heterocycles. The van der Waals surface area contributed by atoms with E-state index in [-0.39, 0.29) is 6.42 Å². The van der Waals surface area contributed by atoms with Gasteiger partial charge in [-0.2, -0.15) is 4.67 Å². The molecule has 0 saturated carbocycles. The molecule has 1 aromatic heterocycles. The Labute approximate surface area is 197 Å². The molecule has 0 aliphatic carbocycles. The maximum absolute atomic E-state index is 13.0. The van der Waals surface area contributed by atoms with Gasteiger partial charge in [0.2, 0.25) is 11.8 Å². The Bertz CT molecular complexity index is 1040. The second-order valence-electron chi connectivity index (χ2n) is 8.07. The number of carbonyl (C=O) groups excluding carboxylic acids is 2. The third kappa shape index (κ3) is 7.74. The first-order chi connectivity index (χ1) is 15.9. The number of benzene rings is 1. The summed E-state index contributed by atoms with van der Waals surface area (Å²) >= 11 is 0. The van der Waals surface area contributed by atoms with Crippen LogP contribution >= 0.6 is 7.75 Å². The van der Waals surface area contributed by atoms with Crippen molar-refractivity contribution in [1.82, 2.24) is 20.3 Å². The van der Waals surface area contributed by atoms with E-state index in [1.165, 1.54) is 6.92 Å². The maximum Gasteiger partial charge on any atom is 0.405 e. The van der Waals surface area contributed by atoms with Crippen molar-refractivity contribution in [2.75, 3.05) is 6.67 Å². The highest BCUT2D eigenvalue weighted by molar-refractivity contribution is 7.49. The van der Waals surface area contributed by atoms with Crippen LogP contribution in [0.4, 0.5) is 0 Å². The Morgan fingerprint density at radius 3 is 2.21 bits per heavy atom. The predicted octanol–water partition coefficient (Wildman–Crippen LogP) is 1.37. The van der Waals surface area contributed by atoms with Crippen LogP contribution in [0.2, 0.25) is 0 Å². The Kier molecular flexibility index (Phi) is 9.46. The van der Waals surface area contributed by atoms with Gasteiger partial charge in [-0.15, -0.1) is 0 Å². The lowest BCUT2D eigenvalue weighted by atomic mass is 10.00. The van der Waals surface area contributed by atoms with Crippen LogP contribution in [0, 0.1) is 5.92 Å². The van der Waals surface area contributed by atoms with Crippen molar-refractivity contribution in [2.24, 2.45) is 5.92 Å². The summed E-state index contributed by atoms with van der Waals surface area (Å²) < 4.78 is 12.6. The summed E-state index contributed by atoms with van der Waals surface area (Å²) in [4.78, 5) is 59.6. The number of rotatable bonds is 11. The summed E-state index contributed by atoms with van der Waals surface area (Å²) in [7, 11) is -4.96. The number of carbonyl (C=O) groups is 3. The molecule has 2 amide bonds. The SMILES string of the molecule is CC(=O)NCN(C(C(=O)NC(Cc1ccc(-c2cccnc2)cc1)C(=O)O)C(C)C)P(=O)(O)O. The Morgan fingerprint density at radius 1 is 1.09 bits per heavy atom. The minimum absolute atomic E-state index is 0.0409. The zero-order valence-corrected chi connectivity index (χ0v) is 20.0. The summed E-state index contributed by atoms with van der Waals surface area (Å²) in [5.74, 6) is -3.31. The molecule has 0 bridgehead atoms. The van der Waals surface area contributed by atoms with Crippen molar-refractivity contribution < 1.29 is 33.8 Å². The number of aliphatic carboxylic acids is 1. The monoisotopic (exact) mass is 492 g/mol. The first kappa shape index (κ1) is 27.1. The average Bonchev–Trinajstić information content (AvgIpc) is 2.75. The Morgan fingerprint density at radius 2 is 1.74 bits per heavy atom. The highest BCUT2D eigenvalue weighted by atomic mass is 31.2. The molecule has 2 unspecified atom stereocenters. The van der Waals surface area contributed by atoms with E-state index in [2.05, 4.69) is 15.6 Å². The van der Waals surface area contributed by atoms with E-state index in [1.54, 1.807) is 44.4 Å². The van der Waals surface area contributed by atoms with Crippen molar-refractivity contribution >= 4 is 25.5 Å². The molecule has 2 aromatic rings. The number of hydrogen-bond donors (Lipinski definition) is 5. The number of hydrogen-bond acceptors (Lipinski definition) is 5. The van der Waals surface area contributed by atoms with Crippen LogP contribution < -0.4 is 10.6 Å². The lowest BCUT2D eigenvalue weighted by molar-refractivity contribution is -0.142. The molecule has 0 spiro atoms. The van der Waals surface area contributed by atoms with E-state index in [0.717, 1.165) is 11.1 Å². The van der Waals surface area contributed by atoms with Gasteiger partial charge in [0, 0.05) is 25.7 Å². The van der Waals surface area contributed by atoms with E-state index in [9.17, 15) is 33.8 Å². The lowest BCUT2D eigenvalue weighted by Gasteiger charge is -2.33. The van der Waals surface area contributed by atoms with Gasteiger partial charge in [0.05, 0.1) is 6.67 Å². The molecule has 0 radical (unpaired) electrons. The zero-order chi connectivity index (χ0) is 25.5. The number of amides is 2. The summed E-state index contributed by atoms with van der Waals surface area (Å²) in [5.41, 5.74) is 2.43. The van der Waals surface area contributed by atoms with E-state index in [4.69, 9.17) is 0 Å². The van der Waals surface area contributed by atoms with Gasteiger partial charge in [-0.3, -0.25) is 14.6 Å². The molecule has 1 aromatic carbocycles. The maximum atomic E-state index is 13.0. The second kappa shape index (κ2) is 11.8. The van der Waals surface area contributed by atoms with Crippen molar-refractivity contribution in [3.05, 3.63) is 54.4 Å². The molecule has 0 fully saturated rings. The average molecular weight is 492 g/mol. The Hall–Kier alpha value is -3.11. The normalized spacial score (nSPS) is 13.4. The number of pyridine rings is 1. The molecule has 12 heteroatoms. The molecular weight excluding hydrogens is 463 g/mol. The standard InChI is InChI=1S/C22H29N4O7P/c1-14(2)20(26(34(31,32)33)13-24-15(3)27)21(28)25-19(22(29)30)11-16-6-8-17(9-7-16)18-5-4-10-23-12-18/h4-10,12,14,19-20H,11,13H2,1-3H3,(H,24,27)(H,25,28)(H,29,30)(H2,31,32,33). The molecular formula is C22H29N4O7P. The number of carboxylic acid groups (broad SMARTS) is 1. The van der Waals surface area contributed by atoms with Gasteiger partial charge in [-0.05, 0) is 28.7 Å². The van der Waals surface area contributed by atoms with E-state index < -0.39 is 50.2 Å². The number of aromatic nitrogens is 1. The minimum atomic E-state index is -4.96. The van der Waals surface area contributed by atoms with Crippen LogP contribution in [0.25, 0.3) is 11.1 Å².